The van der Waals surface area contributed by atoms with Gasteiger partial charge in [-0.15, -0.1) is 0 Å². The van der Waals surface area contributed by atoms with Crippen LogP contribution in [0.4, 0.5) is 4.39 Å². The molecular formula is C19H18FN5O2S. The summed E-state index contributed by atoms with van der Waals surface area (Å²) in [5, 5.41) is 9.70. The van der Waals surface area contributed by atoms with Crippen LogP contribution >= 0.6 is 12.2 Å². The molecule has 3 heterocycles. The second kappa shape index (κ2) is 7.51. The van der Waals surface area contributed by atoms with Crippen molar-refractivity contribution in [2.45, 2.75) is 18.9 Å². The van der Waals surface area contributed by atoms with Crippen LogP contribution in [0.25, 0.3) is 5.65 Å². The Morgan fingerprint density at radius 1 is 1.11 bits per heavy atom. The van der Waals surface area contributed by atoms with Gasteiger partial charge in [-0.25, -0.2) is 4.39 Å². The zero-order chi connectivity index (χ0) is 19.7. The first-order valence-corrected chi connectivity index (χ1v) is 9.34. The number of likely N-dealkylation sites (tertiary alicyclic amines) is 1. The minimum absolute atomic E-state index is 0.0217. The Kier molecular flexibility index (Phi) is 4.91. The third-order valence-electron chi connectivity index (χ3n) is 4.88. The molecule has 0 bridgehead atoms. The maximum absolute atomic E-state index is 13.0. The zero-order valence-electron chi connectivity index (χ0n) is 14.9. The molecule has 2 aromatic heterocycles. The second-order valence-corrected chi connectivity index (χ2v) is 7.11. The van der Waals surface area contributed by atoms with Crippen LogP contribution in [0, 0.1) is 10.6 Å². The summed E-state index contributed by atoms with van der Waals surface area (Å²) >= 11 is 5.15. The summed E-state index contributed by atoms with van der Waals surface area (Å²) in [6.07, 6.45) is 3.00. The fourth-order valence-electron chi connectivity index (χ4n) is 3.31. The van der Waals surface area contributed by atoms with E-state index in [0.29, 0.717) is 47.5 Å². The third-order valence-corrected chi connectivity index (χ3v) is 5.17. The standard InChI is InChI=1S/C19H18FN5O2S/c20-14-4-1-12(2-5-14)17(26)21-15-7-9-24(10-8-15)18(27)13-3-6-16-22-23-19(28)25(16)11-13/h1-6,11,15H,7-10H2,(H,21,26)(H,23,28). The van der Waals surface area contributed by atoms with Crippen LogP contribution in [0.15, 0.2) is 42.6 Å². The predicted molar refractivity (Wildman–Crippen MR) is 103 cm³/mol. The molecule has 0 aliphatic carbocycles. The topological polar surface area (TPSA) is 82.5 Å². The summed E-state index contributed by atoms with van der Waals surface area (Å²) in [7, 11) is 0. The number of aromatic nitrogens is 3. The largest absolute Gasteiger partial charge is 0.349 e. The number of aromatic amines is 1. The number of H-pyrrole nitrogens is 1. The highest BCUT2D eigenvalue weighted by Crippen LogP contribution is 2.15. The van der Waals surface area contributed by atoms with Gasteiger partial charge in [0, 0.05) is 30.9 Å². The Bertz CT molecular complexity index is 1080. The Balaban J connectivity index is 1.37. The molecule has 0 radical (unpaired) electrons. The van der Waals surface area contributed by atoms with Crippen LogP contribution in [-0.2, 0) is 0 Å². The Labute approximate surface area is 165 Å². The second-order valence-electron chi connectivity index (χ2n) is 6.72. The number of rotatable bonds is 3. The van der Waals surface area contributed by atoms with Crippen LogP contribution in [0.1, 0.15) is 33.6 Å². The Hall–Kier alpha value is -3.07. The lowest BCUT2D eigenvalue weighted by Gasteiger charge is -2.32. The minimum atomic E-state index is -0.377. The van der Waals surface area contributed by atoms with E-state index in [9.17, 15) is 14.0 Å². The molecule has 1 fully saturated rings. The molecular weight excluding hydrogens is 381 g/mol. The molecule has 28 heavy (non-hydrogen) atoms. The van der Waals surface area contributed by atoms with Gasteiger partial charge in [-0.2, -0.15) is 5.10 Å². The molecule has 144 valence electrons. The van der Waals surface area contributed by atoms with Gasteiger partial charge in [0.25, 0.3) is 11.8 Å². The molecule has 2 N–H and O–H groups in total. The van der Waals surface area contributed by atoms with Crippen molar-refractivity contribution in [2.24, 2.45) is 0 Å². The van der Waals surface area contributed by atoms with Gasteiger partial charge >= 0.3 is 0 Å². The van der Waals surface area contributed by atoms with Crippen molar-refractivity contribution < 1.29 is 14.0 Å². The molecule has 1 aromatic carbocycles. The summed E-state index contributed by atoms with van der Waals surface area (Å²) < 4.78 is 15.1. The number of halogens is 1. The monoisotopic (exact) mass is 399 g/mol. The number of carbonyl (C=O) groups excluding carboxylic acids is 2. The quantitative estimate of drug-likeness (QED) is 0.663. The zero-order valence-corrected chi connectivity index (χ0v) is 15.7. The van der Waals surface area contributed by atoms with Gasteiger partial charge in [0.2, 0.25) is 0 Å². The average Bonchev–Trinajstić information content (AvgIpc) is 3.09. The number of piperidine rings is 1. The van der Waals surface area contributed by atoms with Crippen LogP contribution in [-0.4, -0.2) is 50.4 Å². The summed E-state index contributed by atoms with van der Waals surface area (Å²) in [6.45, 7) is 1.09. The highest BCUT2D eigenvalue weighted by molar-refractivity contribution is 7.71. The van der Waals surface area contributed by atoms with E-state index in [-0.39, 0.29) is 23.7 Å². The number of nitrogens with zero attached hydrogens (tertiary/aromatic N) is 3. The maximum Gasteiger partial charge on any atom is 0.255 e. The van der Waals surface area contributed by atoms with Crippen molar-refractivity contribution in [1.29, 1.82) is 0 Å². The first-order valence-electron chi connectivity index (χ1n) is 8.94. The molecule has 3 aromatic rings. The number of carbonyl (C=O) groups is 2. The van der Waals surface area contributed by atoms with Gasteiger partial charge < -0.3 is 10.2 Å². The van der Waals surface area contributed by atoms with Gasteiger partial charge in [-0.05, 0) is 61.5 Å². The van der Waals surface area contributed by atoms with E-state index in [1.54, 1.807) is 27.6 Å². The number of fused-ring (bicyclic) bond motifs is 1. The third kappa shape index (κ3) is 3.65. The summed E-state index contributed by atoms with van der Waals surface area (Å²) in [4.78, 5) is 26.8. The van der Waals surface area contributed by atoms with Crippen molar-refractivity contribution in [2.75, 3.05) is 13.1 Å². The van der Waals surface area contributed by atoms with Crippen molar-refractivity contribution in [3.8, 4) is 0 Å². The SMILES string of the molecule is O=C(NC1CCN(C(=O)c2ccc3n[nH]c(=S)n3c2)CC1)c1ccc(F)cc1. The molecule has 1 aliphatic heterocycles. The average molecular weight is 399 g/mol. The normalized spacial score (nSPS) is 15.0. The van der Waals surface area contributed by atoms with Crippen LogP contribution < -0.4 is 5.32 Å². The van der Waals surface area contributed by atoms with Crippen LogP contribution in [0.3, 0.4) is 0 Å². The number of nitrogens with one attached hydrogen (secondary N) is 2. The number of hydrogen-bond donors (Lipinski definition) is 2. The van der Waals surface area contributed by atoms with Crippen molar-refractivity contribution >= 4 is 29.7 Å². The van der Waals surface area contributed by atoms with Gasteiger partial charge in [-0.1, -0.05) is 0 Å². The van der Waals surface area contributed by atoms with Gasteiger partial charge in [0.05, 0.1) is 5.56 Å². The lowest BCUT2D eigenvalue weighted by molar-refractivity contribution is 0.0697. The fraction of sp³-hybridized carbons (Fsp3) is 0.263. The van der Waals surface area contributed by atoms with E-state index in [2.05, 4.69) is 15.5 Å². The molecule has 0 atom stereocenters. The van der Waals surface area contributed by atoms with Gasteiger partial charge in [0.15, 0.2) is 10.4 Å². The molecule has 2 amide bonds. The number of benzene rings is 1. The van der Waals surface area contributed by atoms with Gasteiger partial charge in [0.1, 0.15) is 5.82 Å². The van der Waals surface area contributed by atoms with Crippen molar-refractivity contribution in [3.05, 3.63) is 64.3 Å². The minimum Gasteiger partial charge on any atom is -0.349 e. The lowest BCUT2D eigenvalue weighted by atomic mass is 10.0. The van der Waals surface area contributed by atoms with Crippen molar-refractivity contribution in [3.63, 3.8) is 0 Å². The Morgan fingerprint density at radius 3 is 2.50 bits per heavy atom. The molecule has 9 heteroatoms. The van der Waals surface area contributed by atoms with Crippen molar-refractivity contribution in [1.82, 2.24) is 24.8 Å². The number of hydrogen-bond acceptors (Lipinski definition) is 4. The maximum atomic E-state index is 13.0. The fourth-order valence-corrected chi connectivity index (χ4v) is 3.50. The summed E-state index contributed by atoms with van der Waals surface area (Å²) in [5.74, 6) is -0.684. The Morgan fingerprint density at radius 2 is 1.79 bits per heavy atom. The first kappa shape index (κ1) is 18.3. The smallest absolute Gasteiger partial charge is 0.255 e. The lowest BCUT2D eigenvalue weighted by Crippen LogP contribution is -2.46. The predicted octanol–water partition coefficient (Wildman–Crippen LogP) is 2.57. The van der Waals surface area contributed by atoms with Crippen LogP contribution in [0.2, 0.25) is 0 Å². The molecule has 1 saturated heterocycles. The van der Waals surface area contributed by atoms with E-state index in [4.69, 9.17) is 12.2 Å². The van der Waals surface area contributed by atoms with Crippen LogP contribution in [0.5, 0.6) is 0 Å². The number of pyridine rings is 1. The highest BCUT2D eigenvalue weighted by atomic mass is 32.1. The first-order chi connectivity index (χ1) is 13.5. The van der Waals surface area contributed by atoms with E-state index in [0.717, 1.165) is 0 Å². The van der Waals surface area contributed by atoms with E-state index in [1.165, 1.54) is 24.3 Å². The molecule has 1 aliphatic rings. The number of amides is 2. The summed E-state index contributed by atoms with van der Waals surface area (Å²) in [6, 6.07) is 8.90. The van der Waals surface area contributed by atoms with E-state index >= 15 is 0 Å². The molecule has 0 saturated carbocycles. The molecule has 4 rings (SSSR count). The highest BCUT2D eigenvalue weighted by Gasteiger charge is 2.25. The summed E-state index contributed by atoms with van der Waals surface area (Å²) in [5.41, 5.74) is 1.62. The molecule has 0 spiro atoms. The molecule has 0 unspecified atom stereocenters. The van der Waals surface area contributed by atoms with E-state index in [1.807, 2.05) is 0 Å². The van der Waals surface area contributed by atoms with Gasteiger partial charge in [-0.3, -0.25) is 19.1 Å². The molecule has 7 nitrogen and oxygen atoms in total. The van der Waals surface area contributed by atoms with E-state index < -0.39 is 0 Å².